The van der Waals surface area contributed by atoms with E-state index in [0.29, 0.717) is 17.6 Å². The molecule has 1 fully saturated rings. The standard InChI is InChI=1S/C24H34O3/c1-5-6-7-8-16-12-20-22(23(25)21(16)17-13-26-14-17)18-11-15(2)9-10-19(18)24(3,4)27-20/h11-12,17-19,25H,5-10,13-14H2,1-4H3. The fraction of sp³-hybridized carbons (Fsp3) is 0.667. The molecule has 2 aliphatic heterocycles. The number of allylic oxidation sites excluding steroid dienone is 2. The fourth-order valence-corrected chi connectivity index (χ4v) is 5.26. The molecule has 3 aliphatic rings. The second-order valence-corrected chi connectivity index (χ2v) is 9.29. The van der Waals surface area contributed by atoms with Crippen molar-refractivity contribution in [3.8, 4) is 11.5 Å². The summed E-state index contributed by atoms with van der Waals surface area (Å²) in [6, 6.07) is 2.24. The Hall–Kier alpha value is -1.48. The number of hydrogen-bond acceptors (Lipinski definition) is 3. The van der Waals surface area contributed by atoms with Gasteiger partial charge < -0.3 is 14.6 Å². The van der Waals surface area contributed by atoms with E-state index in [-0.39, 0.29) is 11.5 Å². The van der Waals surface area contributed by atoms with Crippen molar-refractivity contribution in [3.63, 3.8) is 0 Å². The Kier molecular flexibility index (Phi) is 5.00. The predicted octanol–water partition coefficient (Wildman–Crippen LogP) is 5.85. The van der Waals surface area contributed by atoms with Gasteiger partial charge in [-0.2, -0.15) is 0 Å². The quantitative estimate of drug-likeness (QED) is 0.522. The first-order valence-corrected chi connectivity index (χ1v) is 10.7. The first kappa shape index (κ1) is 18.9. The van der Waals surface area contributed by atoms with Gasteiger partial charge in [0.15, 0.2) is 0 Å². The summed E-state index contributed by atoms with van der Waals surface area (Å²) in [6.07, 6.45) is 9.22. The lowest BCUT2D eigenvalue weighted by molar-refractivity contribution is 0.00374. The molecule has 0 spiro atoms. The third-order valence-corrected chi connectivity index (χ3v) is 6.87. The van der Waals surface area contributed by atoms with E-state index in [4.69, 9.17) is 9.47 Å². The van der Waals surface area contributed by atoms with Crippen LogP contribution in [0.1, 0.15) is 88.3 Å². The molecule has 1 aromatic carbocycles. The lowest BCUT2D eigenvalue weighted by Crippen LogP contribution is -2.45. The van der Waals surface area contributed by atoms with Gasteiger partial charge >= 0.3 is 0 Å². The first-order chi connectivity index (χ1) is 12.9. The summed E-state index contributed by atoms with van der Waals surface area (Å²) in [5.41, 5.74) is 4.65. The molecule has 0 radical (unpaired) electrons. The lowest BCUT2D eigenvalue weighted by Gasteiger charge is -2.47. The van der Waals surface area contributed by atoms with Crippen LogP contribution in [0.3, 0.4) is 0 Å². The van der Waals surface area contributed by atoms with E-state index >= 15 is 0 Å². The molecular weight excluding hydrogens is 336 g/mol. The topological polar surface area (TPSA) is 38.7 Å². The zero-order chi connectivity index (χ0) is 19.2. The average molecular weight is 371 g/mol. The molecule has 1 aliphatic carbocycles. The van der Waals surface area contributed by atoms with Crippen molar-refractivity contribution in [2.75, 3.05) is 13.2 Å². The van der Waals surface area contributed by atoms with Gasteiger partial charge in [0.25, 0.3) is 0 Å². The molecule has 2 unspecified atom stereocenters. The molecule has 0 bridgehead atoms. The van der Waals surface area contributed by atoms with E-state index in [1.165, 1.54) is 24.0 Å². The molecule has 0 amide bonds. The molecule has 27 heavy (non-hydrogen) atoms. The molecule has 2 atom stereocenters. The molecular formula is C24H34O3. The van der Waals surface area contributed by atoms with Crippen LogP contribution in [0.4, 0.5) is 0 Å². The van der Waals surface area contributed by atoms with Crippen LogP contribution < -0.4 is 4.74 Å². The van der Waals surface area contributed by atoms with Crippen molar-refractivity contribution >= 4 is 0 Å². The van der Waals surface area contributed by atoms with Crippen LogP contribution in [-0.4, -0.2) is 23.9 Å². The summed E-state index contributed by atoms with van der Waals surface area (Å²) in [7, 11) is 0. The van der Waals surface area contributed by atoms with Crippen LogP contribution in [0.15, 0.2) is 17.7 Å². The van der Waals surface area contributed by atoms with Gasteiger partial charge in [0.1, 0.15) is 17.1 Å². The van der Waals surface area contributed by atoms with Crippen LogP contribution >= 0.6 is 0 Å². The Morgan fingerprint density at radius 3 is 2.63 bits per heavy atom. The molecule has 0 saturated carbocycles. The molecule has 3 heteroatoms. The summed E-state index contributed by atoms with van der Waals surface area (Å²) in [6.45, 7) is 10.3. The number of fused-ring (bicyclic) bond motifs is 3. The van der Waals surface area contributed by atoms with E-state index in [0.717, 1.165) is 55.8 Å². The minimum atomic E-state index is -0.205. The van der Waals surface area contributed by atoms with Gasteiger partial charge in [0, 0.05) is 28.9 Å². The maximum Gasteiger partial charge on any atom is 0.127 e. The highest BCUT2D eigenvalue weighted by Gasteiger charge is 2.46. The SMILES string of the molecule is CCCCCc1cc2c(c(O)c1C1COC1)C1C=C(C)CCC1C(C)(C)O2. The molecule has 1 aromatic rings. The highest BCUT2D eigenvalue weighted by atomic mass is 16.5. The second-order valence-electron chi connectivity index (χ2n) is 9.29. The van der Waals surface area contributed by atoms with E-state index in [1.807, 2.05) is 0 Å². The summed E-state index contributed by atoms with van der Waals surface area (Å²) in [5.74, 6) is 2.39. The smallest absolute Gasteiger partial charge is 0.127 e. The lowest BCUT2D eigenvalue weighted by atomic mass is 9.67. The van der Waals surface area contributed by atoms with E-state index in [9.17, 15) is 5.11 Å². The van der Waals surface area contributed by atoms with Crippen molar-refractivity contribution < 1.29 is 14.6 Å². The second kappa shape index (κ2) is 7.16. The average Bonchev–Trinajstić information content (AvgIpc) is 2.55. The number of unbranched alkanes of at least 4 members (excludes halogenated alkanes) is 2. The van der Waals surface area contributed by atoms with Crippen LogP contribution in [-0.2, 0) is 11.2 Å². The van der Waals surface area contributed by atoms with Gasteiger partial charge in [-0.25, -0.2) is 0 Å². The maximum absolute atomic E-state index is 11.4. The van der Waals surface area contributed by atoms with E-state index in [1.54, 1.807) is 0 Å². The van der Waals surface area contributed by atoms with Gasteiger partial charge in [-0.05, 0) is 58.1 Å². The molecule has 0 aromatic heterocycles. The molecule has 1 saturated heterocycles. The van der Waals surface area contributed by atoms with Gasteiger partial charge in [-0.1, -0.05) is 31.4 Å². The first-order valence-electron chi connectivity index (χ1n) is 10.7. The Morgan fingerprint density at radius 1 is 1.19 bits per heavy atom. The molecule has 148 valence electrons. The van der Waals surface area contributed by atoms with Gasteiger partial charge in [0.05, 0.1) is 13.2 Å². The predicted molar refractivity (Wildman–Crippen MR) is 109 cm³/mol. The number of aromatic hydroxyl groups is 1. The van der Waals surface area contributed by atoms with Gasteiger partial charge in [-0.15, -0.1) is 0 Å². The normalized spacial score (nSPS) is 26.4. The maximum atomic E-state index is 11.4. The number of rotatable bonds is 5. The van der Waals surface area contributed by atoms with Gasteiger partial charge in [-0.3, -0.25) is 0 Å². The minimum Gasteiger partial charge on any atom is -0.507 e. The highest BCUT2D eigenvalue weighted by Crippen LogP contribution is 2.55. The van der Waals surface area contributed by atoms with Crippen LogP contribution in [0.2, 0.25) is 0 Å². The number of ether oxygens (including phenoxy) is 2. The zero-order valence-electron chi connectivity index (χ0n) is 17.3. The van der Waals surface area contributed by atoms with E-state index < -0.39 is 0 Å². The summed E-state index contributed by atoms with van der Waals surface area (Å²) in [5, 5.41) is 11.4. The minimum absolute atomic E-state index is 0.205. The van der Waals surface area contributed by atoms with Crippen LogP contribution in [0.5, 0.6) is 11.5 Å². The Bertz CT molecular complexity index is 742. The number of aryl methyl sites for hydroxylation is 1. The van der Waals surface area contributed by atoms with Gasteiger partial charge in [0.2, 0.25) is 0 Å². The zero-order valence-corrected chi connectivity index (χ0v) is 17.3. The fourth-order valence-electron chi connectivity index (χ4n) is 5.26. The van der Waals surface area contributed by atoms with Crippen molar-refractivity contribution in [2.45, 2.75) is 83.7 Å². The van der Waals surface area contributed by atoms with Crippen molar-refractivity contribution in [3.05, 3.63) is 34.4 Å². The van der Waals surface area contributed by atoms with Crippen molar-refractivity contribution in [1.82, 2.24) is 0 Å². The van der Waals surface area contributed by atoms with Crippen molar-refractivity contribution in [2.24, 2.45) is 5.92 Å². The van der Waals surface area contributed by atoms with Crippen molar-refractivity contribution in [1.29, 1.82) is 0 Å². The highest BCUT2D eigenvalue weighted by molar-refractivity contribution is 5.59. The summed E-state index contributed by atoms with van der Waals surface area (Å²) < 4.78 is 12.0. The van der Waals surface area contributed by atoms with Crippen LogP contribution in [0, 0.1) is 5.92 Å². The number of benzene rings is 1. The number of phenolic OH excluding ortho intramolecular Hbond substituents is 1. The van der Waals surface area contributed by atoms with E-state index in [2.05, 4.69) is 39.8 Å². The molecule has 4 rings (SSSR count). The number of hydrogen-bond donors (Lipinski definition) is 1. The number of phenols is 1. The molecule has 2 heterocycles. The third kappa shape index (κ3) is 3.29. The Balaban J connectivity index is 1.83. The summed E-state index contributed by atoms with van der Waals surface area (Å²) >= 11 is 0. The van der Waals surface area contributed by atoms with Crippen LogP contribution in [0.25, 0.3) is 0 Å². The largest absolute Gasteiger partial charge is 0.507 e. The Labute approximate surface area is 163 Å². The molecule has 1 N–H and O–H groups in total. The Morgan fingerprint density at radius 2 is 1.96 bits per heavy atom. The summed E-state index contributed by atoms with van der Waals surface area (Å²) in [4.78, 5) is 0. The monoisotopic (exact) mass is 370 g/mol. The molecule has 3 nitrogen and oxygen atoms in total. The third-order valence-electron chi connectivity index (χ3n) is 6.87.